The zero-order chi connectivity index (χ0) is 30.1. The van der Waals surface area contributed by atoms with Gasteiger partial charge in [-0.1, -0.05) is 6.07 Å². The number of rotatable bonds is 6. The number of aryl methyl sites for hydroxylation is 1. The second-order valence-corrected chi connectivity index (χ2v) is 13.7. The van der Waals surface area contributed by atoms with Gasteiger partial charge in [0.25, 0.3) is 5.91 Å². The fraction of sp³-hybridized carbons (Fsp3) is 0.645. The molecule has 3 saturated heterocycles. The van der Waals surface area contributed by atoms with E-state index in [2.05, 4.69) is 11.4 Å². The maximum atomic E-state index is 13.8. The van der Waals surface area contributed by atoms with Crippen LogP contribution >= 0.6 is 0 Å². The van der Waals surface area contributed by atoms with Crippen LogP contribution in [0, 0.1) is 17.2 Å². The number of fused-ring (bicyclic) bond motifs is 4. The summed E-state index contributed by atoms with van der Waals surface area (Å²) in [5.74, 6) is 0.0752. The van der Waals surface area contributed by atoms with Gasteiger partial charge < -0.3 is 24.8 Å². The maximum absolute atomic E-state index is 13.8. The number of alkyl carbamates (subject to hydrolysis) is 1. The van der Waals surface area contributed by atoms with Crippen LogP contribution in [0.4, 0.5) is 4.79 Å². The second-order valence-electron chi connectivity index (χ2n) is 13.7. The molecule has 4 amide bonds. The van der Waals surface area contributed by atoms with E-state index in [4.69, 9.17) is 4.74 Å². The van der Waals surface area contributed by atoms with Gasteiger partial charge in [-0.05, 0) is 82.1 Å². The van der Waals surface area contributed by atoms with E-state index in [1.807, 2.05) is 28.0 Å². The summed E-state index contributed by atoms with van der Waals surface area (Å²) >= 11 is 0. The van der Waals surface area contributed by atoms with Crippen LogP contribution in [0.3, 0.4) is 0 Å². The fourth-order valence-electron chi connectivity index (χ4n) is 7.51. The van der Waals surface area contributed by atoms with Crippen molar-refractivity contribution in [3.8, 4) is 6.07 Å². The van der Waals surface area contributed by atoms with E-state index < -0.39 is 23.8 Å². The van der Waals surface area contributed by atoms with Gasteiger partial charge in [-0.15, -0.1) is 0 Å². The van der Waals surface area contributed by atoms with Crippen molar-refractivity contribution in [2.45, 2.75) is 94.7 Å². The zero-order valence-corrected chi connectivity index (χ0v) is 25.0. The van der Waals surface area contributed by atoms with E-state index in [1.165, 1.54) is 0 Å². The van der Waals surface area contributed by atoms with Gasteiger partial charge in [0.2, 0.25) is 11.8 Å². The summed E-state index contributed by atoms with van der Waals surface area (Å²) in [6.07, 6.45) is 3.17. The number of piperazine rings is 1. The van der Waals surface area contributed by atoms with E-state index in [-0.39, 0.29) is 48.4 Å². The van der Waals surface area contributed by atoms with Crippen molar-refractivity contribution in [3.63, 3.8) is 0 Å². The SMILES string of the molecule is CN(C)C(=O)c1ccc2c(c1)CC[C@H]2N1C(=O)[C@@H]2C[C@H]1CN2C[C@H](NC(=O)OC(C)(C)C)C(=O)N1[C@H](C#N)C[C@@H]2C[C@@H]21. The Morgan fingerprint density at radius 1 is 1.17 bits per heavy atom. The van der Waals surface area contributed by atoms with Crippen LogP contribution < -0.4 is 5.32 Å². The lowest BCUT2D eigenvalue weighted by molar-refractivity contribution is -0.141. The number of piperidine rings is 1. The third-order valence-corrected chi connectivity index (χ3v) is 9.41. The zero-order valence-electron chi connectivity index (χ0n) is 25.0. The number of carbonyl (C=O) groups excluding carboxylic acids is 4. The third kappa shape index (κ3) is 5.00. The highest BCUT2D eigenvalue weighted by Crippen LogP contribution is 2.48. The molecule has 3 aliphatic heterocycles. The molecular formula is C31H40N6O5. The molecule has 1 N–H and O–H groups in total. The van der Waals surface area contributed by atoms with E-state index in [0.29, 0.717) is 30.9 Å². The average Bonchev–Trinajstić information content (AvgIpc) is 3.25. The monoisotopic (exact) mass is 576 g/mol. The highest BCUT2D eigenvalue weighted by molar-refractivity contribution is 5.94. The Kier molecular flexibility index (Phi) is 6.96. The maximum Gasteiger partial charge on any atom is 0.408 e. The first-order valence-electron chi connectivity index (χ1n) is 15.0. The number of nitrogens with one attached hydrogen (secondary N) is 1. The smallest absolute Gasteiger partial charge is 0.408 e. The molecule has 0 unspecified atom stereocenters. The predicted molar refractivity (Wildman–Crippen MR) is 152 cm³/mol. The molecule has 11 nitrogen and oxygen atoms in total. The lowest BCUT2D eigenvalue weighted by Crippen LogP contribution is -2.59. The van der Waals surface area contributed by atoms with Crippen molar-refractivity contribution in [2.75, 3.05) is 27.2 Å². The molecule has 1 aromatic rings. The van der Waals surface area contributed by atoms with Crippen LogP contribution in [0.15, 0.2) is 18.2 Å². The largest absolute Gasteiger partial charge is 0.444 e. The summed E-state index contributed by atoms with van der Waals surface area (Å²) in [6.45, 7) is 6.08. The number of hydrogen-bond acceptors (Lipinski definition) is 7. The number of amides is 4. The summed E-state index contributed by atoms with van der Waals surface area (Å²) in [6, 6.07) is 6.29. The Morgan fingerprint density at radius 2 is 1.93 bits per heavy atom. The van der Waals surface area contributed by atoms with E-state index >= 15 is 0 Å². The van der Waals surface area contributed by atoms with Crippen molar-refractivity contribution in [2.24, 2.45) is 5.92 Å². The van der Waals surface area contributed by atoms with Gasteiger partial charge in [-0.25, -0.2) is 4.79 Å². The Morgan fingerprint density at radius 3 is 2.60 bits per heavy atom. The van der Waals surface area contributed by atoms with Crippen molar-refractivity contribution in [1.29, 1.82) is 5.26 Å². The highest BCUT2D eigenvalue weighted by atomic mass is 16.6. The van der Waals surface area contributed by atoms with Gasteiger partial charge >= 0.3 is 6.09 Å². The van der Waals surface area contributed by atoms with Gasteiger partial charge in [0.15, 0.2) is 0 Å². The Hall–Kier alpha value is -3.65. The number of benzene rings is 1. The van der Waals surface area contributed by atoms with Crippen LogP contribution in [-0.4, -0.2) is 106 Å². The molecule has 0 spiro atoms. The first kappa shape index (κ1) is 28.5. The predicted octanol–water partition coefficient (Wildman–Crippen LogP) is 2.07. The lowest BCUT2D eigenvalue weighted by atomic mass is 10.0. The normalized spacial score (nSPS) is 30.0. The molecule has 42 heavy (non-hydrogen) atoms. The van der Waals surface area contributed by atoms with Crippen LogP contribution in [-0.2, 0) is 20.7 Å². The van der Waals surface area contributed by atoms with Crippen LogP contribution in [0.2, 0.25) is 0 Å². The van der Waals surface area contributed by atoms with E-state index in [1.54, 1.807) is 44.7 Å². The first-order valence-corrected chi connectivity index (χ1v) is 15.0. The molecule has 0 radical (unpaired) electrons. The summed E-state index contributed by atoms with van der Waals surface area (Å²) in [7, 11) is 3.47. The van der Waals surface area contributed by atoms with Crippen molar-refractivity contribution in [1.82, 2.24) is 24.9 Å². The standard InChI is InChI=1S/C31H40N6O5/c1-31(2,3)42-30(41)33-23(28(39)36-20(14-32)11-19-12-25(19)36)16-35-15-21-13-26(35)29(40)37(21)24-9-7-17-10-18(6-8-22(17)24)27(38)34(4)5/h6,8,10,19-21,23-26H,7,9,11-13,15-16H2,1-5H3,(H,33,41)/t19-,20+,21+,23+,24-,25+,26+/m1/s1. The highest BCUT2D eigenvalue weighted by Gasteiger charge is 2.57. The molecule has 1 saturated carbocycles. The Labute approximate surface area is 246 Å². The Balaban J connectivity index is 1.17. The lowest BCUT2D eigenvalue weighted by Gasteiger charge is -2.39. The van der Waals surface area contributed by atoms with Gasteiger partial charge in [0.05, 0.1) is 18.2 Å². The van der Waals surface area contributed by atoms with E-state index in [0.717, 1.165) is 30.4 Å². The van der Waals surface area contributed by atoms with Gasteiger partial charge in [-0.2, -0.15) is 5.26 Å². The minimum absolute atomic E-state index is 0.00488. The topological polar surface area (TPSA) is 126 Å². The van der Waals surface area contributed by atoms with Crippen LogP contribution in [0.5, 0.6) is 0 Å². The first-order chi connectivity index (χ1) is 19.9. The van der Waals surface area contributed by atoms with Crippen LogP contribution in [0.25, 0.3) is 0 Å². The summed E-state index contributed by atoms with van der Waals surface area (Å²) < 4.78 is 5.47. The summed E-state index contributed by atoms with van der Waals surface area (Å²) in [4.78, 5) is 60.1. The van der Waals surface area contributed by atoms with Crippen molar-refractivity contribution < 1.29 is 23.9 Å². The molecular weight excluding hydrogens is 536 g/mol. The average molecular weight is 577 g/mol. The second kappa shape index (κ2) is 10.3. The molecule has 3 heterocycles. The van der Waals surface area contributed by atoms with Crippen molar-refractivity contribution in [3.05, 3.63) is 34.9 Å². The molecule has 0 aromatic heterocycles. The van der Waals surface area contributed by atoms with Gasteiger partial charge in [0, 0.05) is 44.8 Å². The molecule has 224 valence electrons. The minimum Gasteiger partial charge on any atom is -0.444 e. The third-order valence-electron chi connectivity index (χ3n) is 9.41. The van der Waals surface area contributed by atoms with E-state index in [9.17, 15) is 24.4 Å². The quantitative estimate of drug-likeness (QED) is 0.550. The van der Waals surface area contributed by atoms with Crippen LogP contribution in [0.1, 0.15) is 74.0 Å². The molecule has 5 aliphatic rings. The molecule has 2 bridgehead atoms. The van der Waals surface area contributed by atoms with Gasteiger partial charge in [-0.3, -0.25) is 19.3 Å². The number of likely N-dealkylation sites (tertiary alicyclic amines) is 3. The fourth-order valence-corrected chi connectivity index (χ4v) is 7.51. The van der Waals surface area contributed by atoms with Crippen molar-refractivity contribution >= 4 is 23.8 Å². The van der Waals surface area contributed by atoms with Gasteiger partial charge in [0.1, 0.15) is 17.7 Å². The number of nitriles is 1. The molecule has 11 heteroatoms. The molecule has 2 aliphatic carbocycles. The molecule has 1 aromatic carbocycles. The summed E-state index contributed by atoms with van der Waals surface area (Å²) in [5, 5.41) is 12.5. The minimum atomic E-state index is -0.921. The molecule has 7 atom stereocenters. The molecule has 6 rings (SSSR count). The number of hydrogen-bond donors (Lipinski definition) is 1. The Bertz CT molecular complexity index is 1360. The number of ether oxygens (including phenoxy) is 1. The number of nitrogens with zero attached hydrogens (tertiary/aromatic N) is 5. The summed E-state index contributed by atoms with van der Waals surface area (Å²) in [5.41, 5.74) is 2.14. The molecule has 4 fully saturated rings. The number of carbonyl (C=O) groups is 4.